The maximum absolute atomic E-state index is 12.5. The molecular weight excluding hydrogens is 334 g/mol. The zero-order chi connectivity index (χ0) is 18.1. The first-order valence-corrected chi connectivity index (χ1v) is 9.08. The van der Waals surface area contributed by atoms with E-state index in [1.807, 2.05) is 6.92 Å². The molecule has 0 saturated carbocycles. The van der Waals surface area contributed by atoms with E-state index in [-0.39, 0.29) is 17.0 Å². The molecule has 1 aromatic heterocycles. The van der Waals surface area contributed by atoms with Crippen molar-refractivity contribution in [2.45, 2.75) is 37.1 Å². The molecule has 0 aliphatic carbocycles. The highest BCUT2D eigenvalue weighted by atomic mass is 32.2. The number of nitrogens with zero attached hydrogens (tertiary/aromatic N) is 2. The minimum atomic E-state index is -4.00. The highest BCUT2D eigenvalue weighted by Gasteiger charge is 2.25. The molecule has 1 atom stereocenters. The van der Waals surface area contributed by atoms with Crippen molar-refractivity contribution < 1.29 is 18.3 Å². The van der Waals surface area contributed by atoms with Crippen LogP contribution in [0.1, 0.15) is 26.2 Å². The van der Waals surface area contributed by atoms with Crippen molar-refractivity contribution in [2.75, 3.05) is 0 Å². The van der Waals surface area contributed by atoms with Gasteiger partial charge in [-0.1, -0.05) is 19.8 Å². The molecule has 0 radical (unpaired) electrons. The molecule has 1 aromatic carbocycles. The number of aliphatic carboxylic acids is 1. The Bertz CT molecular complexity index is 926. The van der Waals surface area contributed by atoms with Crippen molar-refractivity contribution in [1.82, 2.24) is 13.9 Å². The molecule has 8 nitrogen and oxygen atoms in total. The Morgan fingerprint density at radius 3 is 2.46 bits per heavy atom. The van der Waals surface area contributed by atoms with E-state index in [2.05, 4.69) is 4.72 Å². The lowest BCUT2D eigenvalue weighted by molar-refractivity contribution is -0.139. The molecule has 1 heterocycles. The van der Waals surface area contributed by atoms with E-state index in [1.54, 1.807) is 14.1 Å². The van der Waals surface area contributed by atoms with Gasteiger partial charge in [-0.05, 0) is 24.6 Å². The van der Waals surface area contributed by atoms with Crippen LogP contribution >= 0.6 is 0 Å². The number of benzene rings is 1. The molecule has 1 unspecified atom stereocenters. The topological polar surface area (TPSA) is 110 Å². The molecule has 0 aliphatic heterocycles. The Labute approximate surface area is 139 Å². The summed E-state index contributed by atoms with van der Waals surface area (Å²) in [5.41, 5.74) is 0.798. The van der Waals surface area contributed by atoms with E-state index in [0.29, 0.717) is 17.5 Å². The average Bonchev–Trinajstić information content (AvgIpc) is 2.75. The summed E-state index contributed by atoms with van der Waals surface area (Å²) >= 11 is 0. The van der Waals surface area contributed by atoms with Crippen LogP contribution in [0.4, 0.5) is 0 Å². The van der Waals surface area contributed by atoms with Crippen molar-refractivity contribution >= 4 is 27.0 Å². The standard InChI is InChI=1S/C15H21N3O5S/c1-4-5-6-11(14(19)20)16-24(22,23)10-7-8-12-13(9-10)18(3)15(21)17(12)2/h7-9,11,16H,4-6H2,1-3H3,(H,19,20). The third kappa shape index (κ3) is 3.36. The first-order chi connectivity index (χ1) is 11.2. The maximum atomic E-state index is 12.5. The summed E-state index contributed by atoms with van der Waals surface area (Å²) in [6.45, 7) is 1.90. The minimum absolute atomic E-state index is 0.0704. The van der Waals surface area contributed by atoms with Gasteiger partial charge in [0, 0.05) is 14.1 Å². The quantitative estimate of drug-likeness (QED) is 0.763. The van der Waals surface area contributed by atoms with Crippen molar-refractivity contribution in [2.24, 2.45) is 14.1 Å². The van der Waals surface area contributed by atoms with Crippen LogP contribution < -0.4 is 10.4 Å². The van der Waals surface area contributed by atoms with Crippen LogP contribution in [0.3, 0.4) is 0 Å². The number of unbranched alkanes of at least 4 members (excludes halogenated alkanes) is 1. The van der Waals surface area contributed by atoms with Gasteiger partial charge in [-0.2, -0.15) is 4.72 Å². The molecule has 0 aliphatic rings. The van der Waals surface area contributed by atoms with Gasteiger partial charge >= 0.3 is 11.7 Å². The maximum Gasteiger partial charge on any atom is 0.328 e. The third-order valence-electron chi connectivity index (χ3n) is 4.00. The zero-order valence-corrected chi connectivity index (χ0v) is 14.6. The highest BCUT2D eigenvalue weighted by Crippen LogP contribution is 2.18. The van der Waals surface area contributed by atoms with E-state index in [9.17, 15) is 23.1 Å². The predicted octanol–water partition coefficient (Wildman–Crippen LogP) is 0.799. The van der Waals surface area contributed by atoms with Gasteiger partial charge in [0.05, 0.1) is 15.9 Å². The molecule has 9 heteroatoms. The molecule has 0 amide bonds. The van der Waals surface area contributed by atoms with Gasteiger partial charge in [0.15, 0.2) is 0 Å². The SMILES string of the molecule is CCCCC(NS(=O)(=O)c1ccc2c(c1)n(C)c(=O)n2C)C(=O)O. The zero-order valence-electron chi connectivity index (χ0n) is 13.8. The number of hydrogen-bond acceptors (Lipinski definition) is 4. The predicted molar refractivity (Wildman–Crippen MR) is 89.4 cm³/mol. The van der Waals surface area contributed by atoms with E-state index >= 15 is 0 Å². The number of fused-ring (bicyclic) bond motifs is 1. The van der Waals surface area contributed by atoms with Gasteiger partial charge in [-0.25, -0.2) is 13.2 Å². The average molecular weight is 355 g/mol. The van der Waals surface area contributed by atoms with Crippen molar-refractivity contribution in [3.63, 3.8) is 0 Å². The second-order valence-electron chi connectivity index (χ2n) is 5.71. The second-order valence-corrected chi connectivity index (χ2v) is 7.42. The molecule has 2 rings (SSSR count). The van der Waals surface area contributed by atoms with Crippen LogP contribution in [0.15, 0.2) is 27.9 Å². The summed E-state index contributed by atoms with van der Waals surface area (Å²) in [5, 5.41) is 9.19. The monoisotopic (exact) mass is 355 g/mol. The summed E-state index contributed by atoms with van der Waals surface area (Å²) in [7, 11) is -0.851. The number of carbonyl (C=O) groups is 1. The van der Waals surface area contributed by atoms with Gasteiger partial charge in [-0.15, -0.1) is 0 Å². The lowest BCUT2D eigenvalue weighted by Gasteiger charge is -2.14. The summed E-state index contributed by atoms with van der Waals surface area (Å²) in [5.74, 6) is -1.21. The number of imidazole rings is 1. The number of hydrogen-bond donors (Lipinski definition) is 2. The Hall–Kier alpha value is -2.13. The van der Waals surface area contributed by atoms with Crippen molar-refractivity contribution in [1.29, 1.82) is 0 Å². The number of nitrogens with one attached hydrogen (secondary N) is 1. The fraction of sp³-hybridized carbons (Fsp3) is 0.467. The third-order valence-corrected chi connectivity index (χ3v) is 5.46. The van der Waals surface area contributed by atoms with E-state index in [1.165, 1.54) is 27.3 Å². The van der Waals surface area contributed by atoms with E-state index < -0.39 is 22.0 Å². The van der Waals surface area contributed by atoms with Gasteiger partial charge in [0.2, 0.25) is 10.0 Å². The summed E-state index contributed by atoms with van der Waals surface area (Å²) < 4.78 is 30.0. The van der Waals surface area contributed by atoms with Crippen LogP contribution in [0, 0.1) is 0 Å². The molecular formula is C15H21N3O5S. The summed E-state index contributed by atoms with van der Waals surface area (Å²) in [6.07, 6.45) is 1.59. The van der Waals surface area contributed by atoms with E-state index in [0.717, 1.165) is 6.42 Å². The van der Waals surface area contributed by atoms with Crippen LogP contribution in [0.25, 0.3) is 11.0 Å². The fourth-order valence-corrected chi connectivity index (χ4v) is 3.79. The molecule has 0 saturated heterocycles. The minimum Gasteiger partial charge on any atom is -0.480 e. The normalized spacial score (nSPS) is 13.3. The van der Waals surface area contributed by atoms with Crippen LogP contribution in [-0.2, 0) is 28.9 Å². The van der Waals surface area contributed by atoms with Gasteiger partial charge < -0.3 is 5.11 Å². The van der Waals surface area contributed by atoms with Crippen molar-refractivity contribution in [3.05, 3.63) is 28.7 Å². The molecule has 2 aromatic rings. The molecule has 0 fully saturated rings. The first-order valence-electron chi connectivity index (χ1n) is 7.59. The Morgan fingerprint density at radius 1 is 1.25 bits per heavy atom. The first kappa shape index (κ1) is 18.2. The lowest BCUT2D eigenvalue weighted by Crippen LogP contribution is -2.40. The van der Waals surface area contributed by atoms with Crippen LogP contribution in [0.2, 0.25) is 0 Å². The number of aromatic nitrogens is 2. The Kier molecular flexibility index (Phi) is 5.14. The van der Waals surface area contributed by atoms with E-state index in [4.69, 9.17) is 0 Å². The largest absolute Gasteiger partial charge is 0.480 e. The van der Waals surface area contributed by atoms with Crippen LogP contribution in [-0.4, -0.2) is 34.7 Å². The number of carboxylic acid groups (broad SMARTS) is 1. The molecule has 2 N–H and O–H groups in total. The lowest BCUT2D eigenvalue weighted by atomic mass is 10.1. The molecule has 0 bridgehead atoms. The number of carboxylic acids is 1. The fourth-order valence-electron chi connectivity index (χ4n) is 2.55. The molecule has 0 spiro atoms. The molecule has 24 heavy (non-hydrogen) atoms. The Balaban J connectivity index is 2.42. The van der Waals surface area contributed by atoms with Crippen molar-refractivity contribution in [3.8, 4) is 0 Å². The van der Waals surface area contributed by atoms with Gasteiger partial charge in [0.25, 0.3) is 0 Å². The number of rotatable bonds is 7. The Morgan fingerprint density at radius 2 is 1.88 bits per heavy atom. The summed E-state index contributed by atoms with van der Waals surface area (Å²) in [6, 6.07) is 3.10. The van der Waals surface area contributed by atoms with Gasteiger partial charge in [-0.3, -0.25) is 13.9 Å². The summed E-state index contributed by atoms with van der Waals surface area (Å²) in [4.78, 5) is 23.1. The molecule has 132 valence electrons. The smallest absolute Gasteiger partial charge is 0.328 e. The highest BCUT2D eigenvalue weighted by molar-refractivity contribution is 7.89. The van der Waals surface area contributed by atoms with Gasteiger partial charge in [0.1, 0.15) is 6.04 Å². The number of aryl methyl sites for hydroxylation is 2. The van der Waals surface area contributed by atoms with Crippen LogP contribution in [0.5, 0.6) is 0 Å². The number of sulfonamides is 1. The second kappa shape index (κ2) is 6.78.